The predicted molar refractivity (Wildman–Crippen MR) is 455 cm³/mol. The predicted octanol–water partition coefficient (Wildman–Crippen LogP) is 15.9. The van der Waals surface area contributed by atoms with Gasteiger partial charge < -0.3 is 14.2 Å². The molecule has 0 radical (unpaired) electrons. The SMILES string of the molecule is CCC(=O)[C@@H](C)[C@@H](C)Cn1cnc2ccc(-c3cnc(OC)c(NS(=O)(=O)c4ccc(F)cc4Cl)c3)cc2c1=O.CCC(=O)[C@@H](C)[C@H](C)Cn1cnc2ccc(-c3cnc(OC)c(NS(=O)(=O)c4ccc(F)cc4Cl)c3)cc2c1=O.CCC(=O)[C@H](C)[C@H](C)Cn1cnc2ccc(-c3cnc(OC)c(NS(=O)(=O)c4ccc(F)cc4Cl)c3)cc2c1=O. The largest absolute Gasteiger partial charge is 0.480 e. The maximum absolute atomic E-state index is 13.5. The van der Waals surface area contributed by atoms with Gasteiger partial charge in [-0.15, -0.1) is 0 Å². The third-order valence-electron chi connectivity index (χ3n) is 20.5. The molecule has 36 heteroatoms. The van der Waals surface area contributed by atoms with Crippen molar-refractivity contribution in [2.75, 3.05) is 35.5 Å². The quantitative estimate of drug-likeness (QED) is 0.0376. The van der Waals surface area contributed by atoms with E-state index in [0.29, 0.717) is 105 Å². The summed E-state index contributed by atoms with van der Waals surface area (Å²) in [4.78, 5) is 101. The van der Waals surface area contributed by atoms with Crippen LogP contribution in [-0.2, 0) is 64.1 Å². The zero-order valence-electron chi connectivity index (χ0n) is 66.9. The number of anilines is 3. The van der Waals surface area contributed by atoms with Crippen LogP contribution in [0, 0.1) is 53.0 Å². The van der Waals surface area contributed by atoms with Crippen molar-refractivity contribution in [2.45, 2.75) is 116 Å². The Morgan fingerprint density at radius 3 is 0.850 bits per heavy atom. The summed E-state index contributed by atoms with van der Waals surface area (Å²) in [5, 5.41) is 0.234. The van der Waals surface area contributed by atoms with Gasteiger partial charge in [0.1, 0.15) is 66.6 Å². The fraction of sp³-hybridized carbons (Fsp3) is 0.286. The second-order valence-corrected chi connectivity index (χ2v) is 34.6. The zero-order chi connectivity index (χ0) is 87.6. The van der Waals surface area contributed by atoms with Gasteiger partial charge >= 0.3 is 0 Å². The Bertz CT molecular complexity index is 5890. The van der Waals surface area contributed by atoms with E-state index in [1.165, 1.54) is 90.8 Å². The highest BCUT2D eigenvalue weighted by molar-refractivity contribution is 7.93. The first kappa shape index (κ1) is 90.8. The van der Waals surface area contributed by atoms with E-state index >= 15 is 0 Å². The highest BCUT2D eigenvalue weighted by atomic mass is 35.5. The number of ether oxygens (including phenoxy) is 3. The summed E-state index contributed by atoms with van der Waals surface area (Å²) < 4.78 is 146. The Hall–Kier alpha value is -11.5. The van der Waals surface area contributed by atoms with E-state index in [0.717, 1.165) is 54.6 Å². The number of hydrogen-bond donors (Lipinski definition) is 3. The van der Waals surface area contributed by atoms with Gasteiger partial charge in [-0.1, -0.05) is 115 Å². The molecule has 0 bridgehead atoms. The smallest absolute Gasteiger partial charge is 0.263 e. The maximum Gasteiger partial charge on any atom is 0.263 e. The number of aromatic nitrogens is 9. The molecular formula is C84H84Cl3F3N12O15S3. The van der Waals surface area contributed by atoms with Crippen LogP contribution in [0.25, 0.3) is 66.1 Å². The molecule has 630 valence electrons. The Labute approximate surface area is 704 Å². The first-order valence-corrected chi connectivity index (χ1v) is 43.1. The van der Waals surface area contributed by atoms with Gasteiger partial charge in [0.25, 0.3) is 46.7 Å². The molecule has 27 nitrogen and oxygen atoms in total. The molecule has 6 heterocycles. The van der Waals surface area contributed by atoms with E-state index in [1.807, 2.05) is 62.3 Å². The summed E-state index contributed by atoms with van der Waals surface area (Å²) in [5.74, 6) is -2.40. The molecule has 120 heavy (non-hydrogen) atoms. The third-order valence-corrected chi connectivity index (χ3v) is 26.0. The highest BCUT2D eigenvalue weighted by Gasteiger charge is 2.29. The lowest BCUT2D eigenvalue weighted by Crippen LogP contribution is -2.28. The third kappa shape index (κ3) is 21.0. The van der Waals surface area contributed by atoms with Crippen molar-refractivity contribution in [1.82, 2.24) is 43.6 Å². The molecule has 0 aliphatic heterocycles. The normalized spacial score (nSPS) is 13.2. The van der Waals surface area contributed by atoms with Crippen LogP contribution >= 0.6 is 34.8 Å². The lowest BCUT2D eigenvalue weighted by atomic mass is 9.90. The number of methoxy groups -OCH3 is 3. The second kappa shape index (κ2) is 38.7. The summed E-state index contributed by atoms with van der Waals surface area (Å²) in [6.07, 6.45) is 10.2. The molecule has 0 fully saturated rings. The molecule has 3 N–H and O–H groups in total. The number of halogens is 6. The molecule has 0 aliphatic carbocycles. The number of carbonyl (C=O) groups is 3. The maximum atomic E-state index is 13.5. The number of rotatable bonds is 30. The van der Waals surface area contributed by atoms with E-state index < -0.39 is 47.5 Å². The molecular weight excluding hydrogens is 1680 g/mol. The fourth-order valence-corrected chi connectivity index (χ4v) is 17.7. The van der Waals surface area contributed by atoms with Gasteiger partial charge in [0.05, 0.1) is 88.1 Å². The Morgan fingerprint density at radius 1 is 0.375 bits per heavy atom. The minimum absolute atomic E-state index is 0.0000968. The number of ketones is 3. The number of pyridine rings is 3. The summed E-state index contributed by atoms with van der Waals surface area (Å²) in [5.41, 5.74) is 3.99. The summed E-state index contributed by atoms with van der Waals surface area (Å²) in [7, 11) is -8.65. The van der Waals surface area contributed by atoms with E-state index in [4.69, 9.17) is 49.0 Å². The molecule has 12 aromatic rings. The fourth-order valence-electron chi connectivity index (χ4n) is 12.9. The Morgan fingerprint density at radius 2 is 0.625 bits per heavy atom. The van der Waals surface area contributed by atoms with Crippen LogP contribution in [0.4, 0.5) is 30.2 Å². The Balaban J connectivity index is 0.000000189. The van der Waals surface area contributed by atoms with Crippen molar-refractivity contribution >= 4 is 132 Å². The molecule has 0 amide bonds. The highest BCUT2D eigenvalue weighted by Crippen LogP contribution is 2.37. The van der Waals surface area contributed by atoms with Crippen LogP contribution in [0.5, 0.6) is 17.6 Å². The number of nitrogens with zero attached hydrogens (tertiary/aromatic N) is 9. The number of Topliss-reactive ketones (excluding diaryl/α,β-unsaturated/α-hetero) is 3. The number of hydrogen-bond acceptors (Lipinski definition) is 21. The lowest BCUT2D eigenvalue weighted by Gasteiger charge is -2.19. The van der Waals surface area contributed by atoms with Crippen molar-refractivity contribution in [3.63, 3.8) is 0 Å². The average molecular weight is 1760 g/mol. The van der Waals surface area contributed by atoms with E-state index in [9.17, 15) is 67.2 Å². The Kier molecular flexibility index (Phi) is 29.3. The molecule has 6 atom stereocenters. The van der Waals surface area contributed by atoms with Crippen molar-refractivity contribution in [1.29, 1.82) is 0 Å². The number of carbonyl (C=O) groups excluding carboxylic acids is 3. The molecule has 0 saturated heterocycles. The number of fused-ring (bicyclic) bond motifs is 3. The van der Waals surface area contributed by atoms with E-state index in [-0.39, 0.29) is 134 Å². The average Bonchev–Trinajstić information content (AvgIpc) is 0.787. The van der Waals surface area contributed by atoms with Crippen LogP contribution in [0.2, 0.25) is 15.1 Å². The monoisotopic (exact) mass is 1760 g/mol. The first-order valence-electron chi connectivity index (χ1n) is 37.5. The van der Waals surface area contributed by atoms with Crippen molar-refractivity contribution in [3.8, 4) is 51.0 Å². The lowest BCUT2D eigenvalue weighted by molar-refractivity contribution is -0.124. The van der Waals surface area contributed by atoms with Gasteiger partial charge in [0.2, 0.25) is 17.6 Å². The molecule has 0 saturated carbocycles. The summed E-state index contributed by atoms with van der Waals surface area (Å²) >= 11 is 17.9. The molecule has 0 spiro atoms. The van der Waals surface area contributed by atoms with Gasteiger partial charge in [-0.05, 0) is 144 Å². The first-order chi connectivity index (χ1) is 56.8. The second-order valence-electron chi connectivity index (χ2n) is 28.4. The molecule has 6 aromatic heterocycles. The van der Waals surface area contributed by atoms with Crippen LogP contribution in [-0.4, -0.2) is 108 Å². The van der Waals surface area contributed by atoms with Crippen molar-refractivity contribution in [3.05, 3.63) is 229 Å². The topological polar surface area (TPSA) is 361 Å². The summed E-state index contributed by atoms with van der Waals surface area (Å²) in [6.45, 7) is 17.8. The number of sulfonamides is 3. The van der Waals surface area contributed by atoms with Gasteiger partial charge in [0.15, 0.2) is 0 Å². The van der Waals surface area contributed by atoms with Crippen LogP contribution in [0.15, 0.2) is 194 Å². The molecule has 6 aromatic carbocycles. The zero-order valence-corrected chi connectivity index (χ0v) is 71.7. The van der Waals surface area contributed by atoms with E-state index in [1.54, 1.807) is 54.6 Å². The van der Waals surface area contributed by atoms with Gasteiger partial charge in [-0.2, -0.15) is 0 Å². The molecule has 0 unspecified atom stereocenters. The minimum atomic E-state index is -4.22. The summed E-state index contributed by atoms with van der Waals surface area (Å²) in [6, 6.07) is 28.7. The van der Waals surface area contributed by atoms with Gasteiger partial charge in [-0.25, -0.2) is 68.3 Å². The van der Waals surface area contributed by atoms with Crippen molar-refractivity contribution in [2.24, 2.45) is 35.5 Å². The molecule has 12 rings (SSSR count). The van der Waals surface area contributed by atoms with E-state index in [2.05, 4.69) is 44.1 Å². The molecule has 0 aliphatic rings. The number of nitrogens with one attached hydrogen (secondary N) is 3. The van der Waals surface area contributed by atoms with Crippen LogP contribution in [0.1, 0.15) is 81.6 Å². The minimum Gasteiger partial charge on any atom is -0.480 e. The van der Waals surface area contributed by atoms with Crippen LogP contribution < -0.4 is 45.1 Å². The standard InChI is InChI=1S/3C28H28ClFN4O5S/c3*1-5-25(35)17(3)16(2)14-34-15-32-23-8-6-18(10-21(23)28(34)36)19-11-24(27(39-4)31-13-19)33-40(37,38)26-9-7-20(30)12-22(26)29/h3*6-13,15-17,33H,5,14H2,1-4H3/t16-,17+;2*16-,17-/m110/s1. The van der Waals surface area contributed by atoms with Crippen molar-refractivity contribution < 1.29 is 67.0 Å². The van der Waals surface area contributed by atoms with Crippen LogP contribution in [0.3, 0.4) is 0 Å². The number of benzene rings is 6. The van der Waals surface area contributed by atoms with Gasteiger partial charge in [-0.3, -0.25) is 56.6 Å². The van der Waals surface area contributed by atoms with Gasteiger partial charge in [0, 0.05) is 91.9 Å².